The van der Waals surface area contributed by atoms with Gasteiger partial charge in [-0.25, -0.2) is 9.59 Å². The van der Waals surface area contributed by atoms with Crippen LogP contribution in [0, 0.1) is 0 Å². The molecule has 0 aromatic heterocycles. The van der Waals surface area contributed by atoms with Crippen molar-refractivity contribution in [3.05, 3.63) is 25.3 Å². The first-order chi connectivity index (χ1) is 12.2. The summed E-state index contributed by atoms with van der Waals surface area (Å²) in [5, 5.41) is 0. The van der Waals surface area contributed by atoms with Crippen molar-refractivity contribution in [2.75, 3.05) is 52.9 Å². The van der Waals surface area contributed by atoms with Crippen molar-refractivity contribution in [2.24, 2.45) is 0 Å². The van der Waals surface area contributed by atoms with Crippen LogP contribution in [-0.4, -0.2) is 64.8 Å². The summed E-state index contributed by atoms with van der Waals surface area (Å²) in [7, 11) is 0. The molecular weight excluding hydrogens is 328 g/mol. The molecule has 0 aliphatic rings. The van der Waals surface area contributed by atoms with Gasteiger partial charge in [0.05, 0.1) is 26.4 Å². The van der Waals surface area contributed by atoms with Crippen LogP contribution in [0.25, 0.3) is 0 Å². The highest BCUT2D eigenvalue weighted by atomic mass is 16.6. The Morgan fingerprint density at radius 1 is 0.560 bits per heavy atom. The molecule has 0 N–H and O–H groups in total. The van der Waals surface area contributed by atoms with Crippen molar-refractivity contribution in [2.45, 2.75) is 25.7 Å². The SMILES string of the molecule is C=CC(=O)OCCOCCCCCCOCCOCCOC(=O)C=C. The van der Waals surface area contributed by atoms with Crippen LogP contribution in [0.15, 0.2) is 25.3 Å². The average molecular weight is 358 g/mol. The molecule has 7 heteroatoms. The summed E-state index contributed by atoms with van der Waals surface area (Å²) in [5.74, 6) is -0.869. The van der Waals surface area contributed by atoms with Crippen LogP contribution in [0.5, 0.6) is 0 Å². The molecule has 0 radical (unpaired) electrons. The molecule has 0 saturated heterocycles. The Hall–Kier alpha value is -1.70. The van der Waals surface area contributed by atoms with E-state index in [1.54, 1.807) is 0 Å². The van der Waals surface area contributed by atoms with E-state index in [2.05, 4.69) is 13.2 Å². The first-order valence-corrected chi connectivity index (χ1v) is 8.52. The number of carbonyl (C=O) groups is 2. The summed E-state index contributed by atoms with van der Waals surface area (Å²) >= 11 is 0. The minimum absolute atomic E-state index is 0.226. The fourth-order valence-electron chi connectivity index (χ4n) is 1.71. The molecule has 0 saturated carbocycles. The van der Waals surface area contributed by atoms with Crippen LogP contribution in [0.1, 0.15) is 25.7 Å². The minimum Gasteiger partial charge on any atom is -0.460 e. The minimum atomic E-state index is -0.443. The van der Waals surface area contributed by atoms with Gasteiger partial charge in [0.2, 0.25) is 0 Å². The van der Waals surface area contributed by atoms with E-state index in [4.69, 9.17) is 23.7 Å². The Morgan fingerprint density at radius 3 is 1.32 bits per heavy atom. The molecule has 0 bridgehead atoms. The number of unbranched alkanes of at least 4 members (excludes halogenated alkanes) is 3. The molecule has 0 aromatic carbocycles. The van der Waals surface area contributed by atoms with Crippen molar-refractivity contribution in [1.29, 1.82) is 0 Å². The molecule has 0 heterocycles. The smallest absolute Gasteiger partial charge is 0.330 e. The van der Waals surface area contributed by atoms with E-state index in [1.807, 2.05) is 0 Å². The normalized spacial score (nSPS) is 10.2. The highest BCUT2D eigenvalue weighted by Crippen LogP contribution is 2.00. The summed E-state index contributed by atoms with van der Waals surface area (Å²) in [6.07, 6.45) is 6.37. The topological polar surface area (TPSA) is 80.3 Å². The zero-order valence-corrected chi connectivity index (χ0v) is 14.9. The van der Waals surface area contributed by atoms with Gasteiger partial charge in [0.15, 0.2) is 0 Å². The van der Waals surface area contributed by atoms with Crippen LogP contribution in [0.4, 0.5) is 0 Å². The predicted octanol–water partition coefficient (Wildman–Crippen LogP) is 2.05. The summed E-state index contributed by atoms with van der Waals surface area (Å²) in [6, 6.07) is 0. The highest BCUT2D eigenvalue weighted by molar-refractivity contribution is 5.81. The van der Waals surface area contributed by atoms with E-state index in [9.17, 15) is 9.59 Å². The first kappa shape index (κ1) is 23.3. The molecule has 0 fully saturated rings. The lowest BCUT2D eigenvalue weighted by Crippen LogP contribution is -2.11. The predicted molar refractivity (Wildman–Crippen MR) is 93.2 cm³/mol. The Kier molecular flexibility index (Phi) is 17.4. The van der Waals surface area contributed by atoms with Crippen molar-refractivity contribution in [1.82, 2.24) is 0 Å². The lowest BCUT2D eigenvalue weighted by molar-refractivity contribution is -0.140. The van der Waals surface area contributed by atoms with Crippen molar-refractivity contribution < 1.29 is 33.3 Å². The van der Waals surface area contributed by atoms with Crippen LogP contribution >= 0.6 is 0 Å². The Morgan fingerprint density at radius 2 is 0.920 bits per heavy atom. The van der Waals surface area contributed by atoms with Crippen LogP contribution in [0.3, 0.4) is 0 Å². The Labute approximate surface area is 149 Å². The van der Waals surface area contributed by atoms with Gasteiger partial charge >= 0.3 is 11.9 Å². The fraction of sp³-hybridized carbons (Fsp3) is 0.667. The van der Waals surface area contributed by atoms with E-state index in [1.165, 1.54) is 0 Å². The van der Waals surface area contributed by atoms with Crippen molar-refractivity contribution in [3.63, 3.8) is 0 Å². The van der Waals surface area contributed by atoms with Gasteiger partial charge in [0, 0.05) is 25.4 Å². The molecule has 7 nitrogen and oxygen atoms in total. The molecular formula is C18H30O7. The van der Waals surface area contributed by atoms with Crippen LogP contribution < -0.4 is 0 Å². The first-order valence-electron chi connectivity index (χ1n) is 8.52. The second-order valence-corrected chi connectivity index (χ2v) is 4.99. The second kappa shape index (κ2) is 18.6. The Balaban J connectivity index is 3.07. The third kappa shape index (κ3) is 18.5. The summed E-state index contributed by atoms with van der Waals surface area (Å²) in [5.41, 5.74) is 0. The lowest BCUT2D eigenvalue weighted by Gasteiger charge is -2.06. The third-order valence-corrected chi connectivity index (χ3v) is 2.98. The monoisotopic (exact) mass is 358 g/mol. The zero-order chi connectivity index (χ0) is 18.6. The maximum absolute atomic E-state index is 10.8. The molecule has 0 aromatic rings. The van der Waals surface area contributed by atoms with Gasteiger partial charge in [-0.15, -0.1) is 0 Å². The zero-order valence-electron chi connectivity index (χ0n) is 14.9. The maximum Gasteiger partial charge on any atom is 0.330 e. The van der Waals surface area contributed by atoms with E-state index in [-0.39, 0.29) is 13.2 Å². The van der Waals surface area contributed by atoms with Crippen molar-refractivity contribution >= 4 is 11.9 Å². The summed E-state index contributed by atoms with van der Waals surface area (Å²) in [6.45, 7) is 10.2. The van der Waals surface area contributed by atoms with E-state index in [0.717, 1.165) is 37.8 Å². The van der Waals surface area contributed by atoms with Gasteiger partial charge in [-0.2, -0.15) is 0 Å². The average Bonchev–Trinajstić information content (AvgIpc) is 2.63. The van der Waals surface area contributed by atoms with E-state index in [0.29, 0.717) is 39.6 Å². The molecule has 0 rings (SSSR count). The molecule has 25 heavy (non-hydrogen) atoms. The number of carbonyl (C=O) groups excluding carboxylic acids is 2. The highest BCUT2D eigenvalue weighted by Gasteiger charge is 1.97. The molecule has 144 valence electrons. The Bertz CT molecular complexity index is 334. The lowest BCUT2D eigenvalue weighted by atomic mass is 10.2. The molecule has 0 aliphatic heterocycles. The number of rotatable bonds is 18. The van der Waals surface area contributed by atoms with E-state index < -0.39 is 11.9 Å². The van der Waals surface area contributed by atoms with Crippen LogP contribution in [0.2, 0.25) is 0 Å². The van der Waals surface area contributed by atoms with Gasteiger partial charge in [-0.1, -0.05) is 26.0 Å². The number of hydrogen-bond donors (Lipinski definition) is 0. The summed E-state index contributed by atoms with van der Waals surface area (Å²) < 4.78 is 25.6. The molecule has 0 atom stereocenters. The van der Waals surface area contributed by atoms with E-state index >= 15 is 0 Å². The number of hydrogen-bond acceptors (Lipinski definition) is 7. The molecule has 0 amide bonds. The van der Waals surface area contributed by atoms with Crippen LogP contribution in [-0.2, 0) is 33.3 Å². The van der Waals surface area contributed by atoms with Gasteiger partial charge in [0.25, 0.3) is 0 Å². The van der Waals surface area contributed by atoms with Gasteiger partial charge in [-0.3, -0.25) is 0 Å². The van der Waals surface area contributed by atoms with Gasteiger partial charge < -0.3 is 23.7 Å². The number of ether oxygens (including phenoxy) is 5. The van der Waals surface area contributed by atoms with Gasteiger partial charge in [-0.05, 0) is 12.8 Å². The van der Waals surface area contributed by atoms with Gasteiger partial charge in [0.1, 0.15) is 13.2 Å². The second-order valence-electron chi connectivity index (χ2n) is 4.99. The van der Waals surface area contributed by atoms with Crippen molar-refractivity contribution in [3.8, 4) is 0 Å². The summed E-state index contributed by atoms with van der Waals surface area (Å²) in [4.78, 5) is 21.5. The fourth-order valence-corrected chi connectivity index (χ4v) is 1.71. The third-order valence-electron chi connectivity index (χ3n) is 2.98. The maximum atomic E-state index is 10.8. The molecule has 0 unspecified atom stereocenters. The largest absolute Gasteiger partial charge is 0.460 e. The quantitative estimate of drug-likeness (QED) is 0.211. The number of esters is 2. The standard InChI is InChI=1S/C18H30O7/c1-3-17(19)24-15-13-22-10-8-6-5-7-9-21-11-12-23-14-16-25-18(20)4-2/h3-4H,1-2,5-16H2. The molecule has 0 spiro atoms. The molecule has 0 aliphatic carbocycles.